The molecule has 5 heteroatoms. The number of benzene rings is 1. The lowest BCUT2D eigenvalue weighted by atomic mass is 10.2. The molecule has 1 aromatic heterocycles. The fourth-order valence-corrected chi connectivity index (χ4v) is 2.93. The summed E-state index contributed by atoms with van der Waals surface area (Å²) in [5, 5.41) is 2.92. The molecule has 0 radical (unpaired) electrons. The molecule has 0 atom stereocenters. The lowest BCUT2D eigenvalue weighted by molar-refractivity contribution is 0.0953. The van der Waals surface area contributed by atoms with E-state index in [1.54, 1.807) is 13.0 Å². The number of amides is 1. The van der Waals surface area contributed by atoms with Crippen molar-refractivity contribution in [2.45, 2.75) is 13.3 Å². The number of hydrogen-bond donors (Lipinski definition) is 1. The molecule has 2 rings (SSSR count). The van der Waals surface area contributed by atoms with Crippen molar-refractivity contribution in [1.29, 1.82) is 0 Å². The lowest BCUT2D eigenvalue weighted by Crippen LogP contribution is -2.25. The first kappa shape index (κ1) is 16.2. The average Bonchev–Trinajstić information content (AvgIpc) is 2.96. The molecule has 0 aliphatic heterocycles. The van der Waals surface area contributed by atoms with E-state index < -0.39 is 0 Å². The molecule has 1 amide bonds. The number of thiophene rings is 1. The molecule has 0 aliphatic carbocycles. The van der Waals surface area contributed by atoms with E-state index in [2.05, 4.69) is 5.32 Å². The number of anilines is 1. The molecule has 22 heavy (non-hydrogen) atoms. The van der Waals surface area contributed by atoms with E-state index in [4.69, 9.17) is 0 Å². The minimum atomic E-state index is -0.0768. The topological polar surface area (TPSA) is 49.4 Å². The standard InChI is InChI=1S/C17H20N2O2S/c1-12(20)16-8-7-15(22-16)9-10-18-17(21)13-5-4-6-14(11-13)19(2)3/h4-8,11H,9-10H2,1-3H3,(H,18,21). The van der Waals surface area contributed by atoms with Gasteiger partial charge in [-0.25, -0.2) is 0 Å². The molecule has 0 spiro atoms. The van der Waals surface area contributed by atoms with Crippen LogP contribution in [-0.4, -0.2) is 32.3 Å². The van der Waals surface area contributed by atoms with E-state index in [0.717, 1.165) is 21.9 Å². The Morgan fingerprint density at radius 2 is 1.95 bits per heavy atom. The zero-order valence-corrected chi connectivity index (χ0v) is 13.9. The summed E-state index contributed by atoms with van der Waals surface area (Å²) in [5.74, 6) is 0.00725. The number of ketones is 1. The number of rotatable bonds is 6. The number of carbonyl (C=O) groups is 2. The number of nitrogens with one attached hydrogen (secondary N) is 1. The third kappa shape index (κ3) is 4.18. The van der Waals surface area contributed by atoms with E-state index in [1.165, 1.54) is 11.3 Å². The summed E-state index contributed by atoms with van der Waals surface area (Å²) in [6.45, 7) is 2.12. The number of Topliss-reactive ketones (excluding diaryl/α,β-unsaturated/α-hetero) is 1. The van der Waals surface area contributed by atoms with Gasteiger partial charge in [0.15, 0.2) is 5.78 Å². The highest BCUT2D eigenvalue weighted by Crippen LogP contribution is 2.17. The maximum atomic E-state index is 12.1. The smallest absolute Gasteiger partial charge is 0.251 e. The minimum absolute atomic E-state index is 0.0768. The Hall–Kier alpha value is -2.14. The second-order valence-electron chi connectivity index (χ2n) is 5.27. The predicted molar refractivity (Wildman–Crippen MR) is 91.1 cm³/mol. The van der Waals surface area contributed by atoms with Crippen LogP contribution in [0.3, 0.4) is 0 Å². The van der Waals surface area contributed by atoms with Crippen LogP contribution in [0.1, 0.15) is 31.8 Å². The third-order valence-electron chi connectivity index (χ3n) is 3.29. The quantitative estimate of drug-likeness (QED) is 0.834. The number of nitrogens with zero attached hydrogens (tertiary/aromatic N) is 1. The summed E-state index contributed by atoms with van der Waals surface area (Å²) in [6, 6.07) is 11.3. The molecule has 0 aliphatic rings. The van der Waals surface area contributed by atoms with Crippen LogP contribution in [0.4, 0.5) is 5.69 Å². The van der Waals surface area contributed by atoms with Crippen molar-refractivity contribution in [2.24, 2.45) is 0 Å². The molecule has 1 aromatic carbocycles. The van der Waals surface area contributed by atoms with Crippen LogP contribution in [0.5, 0.6) is 0 Å². The van der Waals surface area contributed by atoms with Crippen LogP contribution >= 0.6 is 11.3 Å². The first-order chi connectivity index (χ1) is 10.5. The van der Waals surface area contributed by atoms with Gasteiger partial charge in [0.2, 0.25) is 0 Å². The molecule has 0 saturated heterocycles. The molecule has 1 heterocycles. The second-order valence-corrected chi connectivity index (χ2v) is 6.44. The Balaban J connectivity index is 1.89. The van der Waals surface area contributed by atoms with Crippen LogP contribution in [-0.2, 0) is 6.42 Å². The summed E-state index contributed by atoms with van der Waals surface area (Å²) in [7, 11) is 3.89. The lowest BCUT2D eigenvalue weighted by Gasteiger charge is -2.13. The highest BCUT2D eigenvalue weighted by atomic mass is 32.1. The normalized spacial score (nSPS) is 10.3. The van der Waals surface area contributed by atoms with Crippen molar-refractivity contribution in [3.05, 3.63) is 51.7 Å². The van der Waals surface area contributed by atoms with Crippen molar-refractivity contribution in [2.75, 3.05) is 25.5 Å². The molecule has 116 valence electrons. The van der Waals surface area contributed by atoms with Crippen LogP contribution in [0.2, 0.25) is 0 Å². The maximum absolute atomic E-state index is 12.1. The van der Waals surface area contributed by atoms with Crippen molar-refractivity contribution in [3.8, 4) is 0 Å². The zero-order valence-electron chi connectivity index (χ0n) is 13.1. The average molecular weight is 316 g/mol. The number of hydrogen-bond acceptors (Lipinski definition) is 4. The Bertz CT molecular complexity index is 677. The van der Waals surface area contributed by atoms with E-state index in [-0.39, 0.29) is 11.7 Å². The molecule has 1 N–H and O–H groups in total. The molecular formula is C17H20N2O2S. The fraction of sp³-hybridized carbons (Fsp3) is 0.294. The van der Waals surface area contributed by atoms with E-state index in [0.29, 0.717) is 12.1 Å². The van der Waals surface area contributed by atoms with Crippen molar-refractivity contribution in [1.82, 2.24) is 5.32 Å². The Labute approximate surface area is 134 Å². The minimum Gasteiger partial charge on any atom is -0.378 e. The van der Waals surface area contributed by atoms with Gasteiger partial charge in [-0.2, -0.15) is 0 Å². The van der Waals surface area contributed by atoms with Crippen LogP contribution in [0, 0.1) is 0 Å². The van der Waals surface area contributed by atoms with E-state index >= 15 is 0 Å². The largest absolute Gasteiger partial charge is 0.378 e. The fourth-order valence-electron chi connectivity index (χ4n) is 2.03. The van der Waals surface area contributed by atoms with Gasteiger partial charge in [-0.05, 0) is 43.7 Å². The molecule has 2 aromatic rings. The van der Waals surface area contributed by atoms with Crippen LogP contribution in [0.25, 0.3) is 0 Å². The highest BCUT2D eigenvalue weighted by molar-refractivity contribution is 7.14. The van der Waals surface area contributed by atoms with Gasteiger partial charge in [-0.15, -0.1) is 11.3 Å². The van der Waals surface area contributed by atoms with Gasteiger partial charge >= 0.3 is 0 Å². The highest BCUT2D eigenvalue weighted by Gasteiger charge is 2.08. The van der Waals surface area contributed by atoms with Crippen molar-refractivity contribution < 1.29 is 9.59 Å². The van der Waals surface area contributed by atoms with Crippen molar-refractivity contribution in [3.63, 3.8) is 0 Å². The molecule has 0 fully saturated rings. The number of carbonyl (C=O) groups excluding carboxylic acids is 2. The Morgan fingerprint density at radius 1 is 1.18 bits per heavy atom. The summed E-state index contributed by atoms with van der Waals surface area (Å²) < 4.78 is 0. The van der Waals surface area contributed by atoms with Gasteiger partial charge < -0.3 is 10.2 Å². The molecular weight excluding hydrogens is 296 g/mol. The SMILES string of the molecule is CC(=O)c1ccc(CCNC(=O)c2cccc(N(C)C)c2)s1. The molecule has 0 bridgehead atoms. The van der Waals surface area contributed by atoms with E-state index in [1.807, 2.05) is 49.3 Å². The summed E-state index contributed by atoms with van der Waals surface area (Å²) in [6.07, 6.45) is 0.733. The van der Waals surface area contributed by atoms with E-state index in [9.17, 15) is 9.59 Å². The van der Waals surface area contributed by atoms with Crippen LogP contribution in [0.15, 0.2) is 36.4 Å². The van der Waals surface area contributed by atoms with Gasteiger partial charge in [0.05, 0.1) is 4.88 Å². The zero-order chi connectivity index (χ0) is 16.1. The Kier molecular flexibility index (Phi) is 5.33. The third-order valence-corrected chi connectivity index (χ3v) is 4.54. The summed E-state index contributed by atoms with van der Waals surface area (Å²) in [4.78, 5) is 27.2. The monoisotopic (exact) mass is 316 g/mol. The first-order valence-corrected chi connectivity index (χ1v) is 7.94. The predicted octanol–water partition coefficient (Wildman–Crippen LogP) is 2.99. The molecule has 0 unspecified atom stereocenters. The Morgan fingerprint density at radius 3 is 2.59 bits per heavy atom. The van der Waals surface area contributed by atoms with Gasteiger partial charge in [0.25, 0.3) is 5.91 Å². The summed E-state index contributed by atoms with van der Waals surface area (Å²) >= 11 is 1.49. The van der Waals surface area contributed by atoms with Crippen molar-refractivity contribution >= 4 is 28.7 Å². The molecule has 0 saturated carbocycles. The summed E-state index contributed by atoms with van der Waals surface area (Å²) in [5.41, 5.74) is 1.65. The van der Waals surface area contributed by atoms with Gasteiger partial charge in [-0.3, -0.25) is 9.59 Å². The van der Waals surface area contributed by atoms with Gasteiger partial charge in [0, 0.05) is 36.8 Å². The van der Waals surface area contributed by atoms with Gasteiger partial charge in [-0.1, -0.05) is 6.07 Å². The first-order valence-electron chi connectivity index (χ1n) is 7.12. The molecule has 4 nitrogen and oxygen atoms in total. The maximum Gasteiger partial charge on any atom is 0.251 e. The van der Waals surface area contributed by atoms with Gasteiger partial charge in [0.1, 0.15) is 0 Å². The second kappa shape index (κ2) is 7.22. The van der Waals surface area contributed by atoms with Crippen LogP contribution < -0.4 is 10.2 Å².